The summed E-state index contributed by atoms with van der Waals surface area (Å²) in [4.78, 5) is 20.0. The van der Waals surface area contributed by atoms with Crippen molar-refractivity contribution in [2.75, 3.05) is 4.90 Å². The summed E-state index contributed by atoms with van der Waals surface area (Å²) >= 11 is 0. The number of carbonyl (C=O) groups is 1. The quantitative estimate of drug-likeness (QED) is 0.363. The third kappa shape index (κ3) is 3.88. The lowest BCUT2D eigenvalue weighted by Crippen LogP contribution is -2.46. The molecule has 36 heavy (non-hydrogen) atoms. The van der Waals surface area contributed by atoms with Crippen molar-refractivity contribution in [2.24, 2.45) is 0 Å². The minimum absolute atomic E-state index is 0.168. The van der Waals surface area contributed by atoms with Gasteiger partial charge in [-0.2, -0.15) is 4.98 Å². The predicted octanol–water partition coefficient (Wildman–Crippen LogP) is 6.54. The molecule has 6 heteroatoms. The number of fused-ring (bicyclic) bond motifs is 1. The second-order valence-corrected chi connectivity index (χ2v) is 9.73. The normalized spacial score (nSPS) is 17.4. The van der Waals surface area contributed by atoms with Crippen molar-refractivity contribution < 1.29 is 9.32 Å². The van der Waals surface area contributed by atoms with Gasteiger partial charge in [-0.05, 0) is 74.9 Å². The van der Waals surface area contributed by atoms with Crippen molar-refractivity contribution in [2.45, 2.75) is 46.1 Å². The Morgan fingerprint density at radius 3 is 2.53 bits per heavy atom. The highest BCUT2D eigenvalue weighted by Crippen LogP contribution is 2.40. The van der Waals surface area contributed by atoms with Gasteiger partial charge < -0.3 is 9.84 Å². The zero-order valence-electron chi connectivity index (χ0n) is 20.7. The van der Waals surface area contributed by atoms with Gasteiger partial charge >= 0.3 is 6.03 Å². The molecule has 1 atom stereocenters. The van der Waals surface area contributed by atoms with Crippen LogP contribution in [-0.2, 0) is 12.8 Å². The summed E-state index contributed by atoms with van der Waals surface area (Å²) in [5.74, 6) is 0.929. The van der Waals surface area contributed by atoms with Crippen LogP contribution in [0.25, 0.3) is 17.0 Å². The summed E-state index contributed by atoms with van der Waals surface area (Å²) in [6, 6.07) is 21.9. The average molecular weight is 477 g/mol. The van der Waals surface area contributed by atoms with E-state index in [0.717, 1.165) is 58.5 Å². The van der Waals surface area contributed by atoms with Gasteiger partial charge in [0, 0.05) is 11.3 Å². The second-order valence-electron chi connectivity index (χ2n) is 9.73. The highest BCUT2D eigenvalue weighted by Gasteiger charge is 2.36. The molecule has 6 rings (SSSR count). The molecule has 2 aliphatic rings. The summed E-state index contributed by atoms with van der Waals surface area (Å²) in [6.45, 7) is 6.04. The summed E-state index contributed by atoms with van der Waals surface area (Å²) < 4.78 is 5.84. The largest absolute Gasteiger partial charge is 0.334 e. The Hall–Kier alpha value is -4.19. The van der Waals surface area contributed by atoms with Gasteiger partial charge in [0.25, 0.3) is 5.89 Å². The molecule has 6 nitrogen and oxygen atoms in total. The topological polar surface area (TPSA) is 71.3 Å². The molecule has 2 amide bonds. The van der Waals surface area contributed by atoms with Crippen LogP contribution in [0.15, 0.2) is 77.0 Å². The van der Waals surface area contributed by atoms with Crippen molar-refractivity contribution in [1.29, 1.82) is 0 Å². The summed E-state index contributed by atoms with van der Waals surface area (Å²) in [5.41, 5.74) is 9.25. The number of allylic oxidation sites excluding steroid dienone is 1. The molecule has 2 heterocycles. The number of rotatable bonds is 4. The molecule has 3 aromatic carbocycles. The molecule has 0 fully saturated rings. The fourth-order valence-corrected chi connectivity index (χ4v) is 5.27. The first-order chi connectivity index (χ1) is 17.5. The number of benzene rings is 3. The number of hydrogen-bond acceptors (Lipinski definition) is 4. The number of anilines is 1. The van der Waals surface area contributed by atoms with Crippen molar-refractivity contribution >= 4 is 17.3 Å². The van der Waals surface area contributed by atoms with Crippen LogP contribution in [-0.4, -0.2) is 16.2 Å². The van der Waals surface area contributed by atoms with Gasteiger partial charge in [0.15, 0.2) is 0 Å². The number of aryl methyl sites for hydroxylation is 4. The van der Waals surface area contributed by atoms with E-state index in [0.29, 0.717) is 11.7 Å². The Morgan fingerprint density at radius 2 is 1.72 bits per heavy atom. The van der Waals surface area contributed by atoms with Gasteiger partial charge in [-0.25, -0.2) is 4.79 Å². The van der Waals surface area contributed by atoms with E-state index in [1.165, 1.54) is 11.1 Å². The van der Waals surface area contributed by atoms with E-state index in [-0.39, 0.29) is 6.03 Å². The number of hydrogen-bond donors (Lipinski definition) is 1. The maximum atomic E-state index is 13.5. The number of carbonyl (C=O) groups excluding carboxylic acids is 1. The maximum Gasteiger partial charge on any atom is 0.326 e. The molecular weight excluding hydrogens is 448 g/mol. The Balaban J connectivity index is 1.49. The van der Waals surface area contributed by atoms with Gasteiger partial charge in [0.2, 0.25) is 5.82 Å². The molecule has 0 bridgehead atoms. The Kier molecular flexibility index (Phi) is 5.44. The van der Waals surface area contributed by atoms with E-state index in [2.05, 4.69) is 22.6 Å². The van der Waals surface area contributed by atoms with Gasteiger partial charge in [0.05, 0.1) is 17.3 Å². The van der Waals surface area contributed by atoms with Crippen LogP contribution in [0.1, 0.15) is 53.1 Å². The maximum absolute atomic E-state index is 13.5. The highest BCUT2D eigenvalue weighted by molar-refractivity contribution is 6.01. The van der Waals surface area contributed by atoms with Gasteiger partial charge in [-0.1, -0.05) is 64.8 Å². The van der Waals surface area contributed by atoms with Crippen LogP contribution in [0.2, 0.25) is 0 Å². The van der Waals surface area contributed by atoms with Crippen molar-refractivity contribution in [3.63, 3.8) is 0 Å². The summed E-state index contributed by atoms with van der Waals surface area (Å²) in [6.07, 6.45) is 3.30. The molecule has 180 valence electrons. The van der Waals surface area contributed by atoms with Crippen LogP contribution in [0, 0.1) is 13.8 Å². The number of nitrogens with one attached hydrogen (secondary N) is 1. The first kappa shape index (κ1) is 22.3. The van der Waals surface area contributed by atoms with Crippen LogP contribution in [0.5, 0.6) is 0 Å². The van der Waals surface area contributed by atoms with Crippen molar-refractivity contribution in [1.82, 2.24) is 15.5 Å². The second kappa shape index (κ2) is 8.79. The van der Waals surface area contributed by atoms with Crippen LogP contribution in [0.4, 0.5) is 10.5 Å². The molecule has 0 saturated carbocycles. The van der Waals surface area contributed by atoms with Crippen LogP contribution in [0.3, 0.4) is 0 Å². The van der Waals surface area contributed by atoms with E-state index in [1.54, 1.807) is 4.90 Å². The van der Waals surface area contributed by atoms with E-state index < -0.39 is 6.04 Å². The summed E-state index contributed by atoms with van der Waals surface area (Å²) in [5, 5.41) is 7.50. The third-order valence-corrected chi connectivity index (χ3v) is 7.17. The molecule has 0 radical (unpaired) electrons. The standard InChI is InChI=1S/C30H28N4O2/c1-18-10-12-22(13-11-18)27-26(29-32-28(33-36-29)24-9-4-6-19(2)16-24)20(3)34(30(35)31-27)25-15-14-21-7-5-8-23(21)17-25/h4,6,9-17,27H,5,7-8H2,1-3H3,(H,31,35). The van der Waals surface area contributed by atoms with E-state index >= 15 is 0 Å². The molecule has 4 aromatic rings. The summed E-state index contributed by atoms with van der Waals surface area (Å²) in [7, 11) is 0. The Morgan fingerprint density at radius 1 is 0.917 bits per heavy atom. The molecule has 0 saturated heterocycles. The van der Waals surface area contributed by atoms with Crippen molar-refractivity contribution in [3.05, 3.63) is 106 Å². The van der Waals surface area contributed by atoms with Crippen LogP contribution < -0.4 is 10.2 Å². The number of amides is 2. The SMILES string of the molecule is CC1=C(c2nc(-c3cccc(C)c3)no2)C(c2ccc(C)cc2)NC(=O)N1c1ccc2c(c1)CCC2. The molecule has 1 N–H and O–H groups in total. The lowest BCUT2D eigenvalue weighted by molar-refractivity contribution is 0.244. The minimum Gasteiger partial charge on any atom is -0.334 e. The first-order valence-electron chi connectivity index (χ1n) is 12.4. The smallest absolute Gasteiger partial charge is 0.326 e. The van der Waals surface area contributed by atoms with Crippen molar-refractivity contribution in [3.8, 4) is 11.4 Å². The highest BCUT2D eigenvalue weighted by atomic mass is 16.5. The Labute approximate surface area is 210 Å². The fraction of sp³-hybridized carbons (Fsp3) is 0.233. The predicted molar refractivity (Wildman–Crippen MR) is 140 cm³/mol. The number of aromatic nitrogens is 2. The lowest BCUT2D eigenvalue weighted by Gasteiger charge is -2.35. The zero-order chi connectivity index (χ0) is 24.8. The molecule has 1 aliphatic carbocycles. The average Bonchev–Trinajstić information content (AvgIpc) is 3.54. The minimum atomic E-state index is -0.408. The lowest BCUT2D eigenvalue weighted by atomic mass is 9.93. The molecule has 1 unspecified atom stereocenters. The third-order valence-electron chi connectivity index (χ3n) is 7.17. The Bertz CT molecular complexity index is 1500. The van der Waals surface area contributed by atoms with Crippen LogP contribution >= 0.6 is 0 Å². The van der Waals surface area contributed by atoms with Gasteiger partial charge in [-0.15, -0.1) is 0 Å². The zero-order valence-corrected chi connectivity index (χ0v) is 20.7. The van der Waals surface area contributed by atoms with Gasteiger partial charge in [-0.3, -0.25) is 4.90 Å². The van der Waals surface area contributed by atoms with Gasteiger partial charge in [0.1, 0.15) is 0 Å². The molecule has 1 aliphatic heterocycles. The van der Waals surface area contributed by atoms with E-state index in [1.807, 2.05) is 75.4 Å². The fourth-order valence-electron chi connectivity index (χ4n) is 5.27. The monoisotopic (exact) mass is 476 g/mol. The molecular formula is C30H28N4O2. The molecule has 1 aromatic heterocycles. The van der Waals surface area contributed by atoms with E-state index in [9.17, 15) is 4.79 Å². The number of nitrogens with zero attached hydrogens (tertiary/aromatic N) is 3. The number of urea groups is 1. The first-order valence-corrected chi connectivity index (χ1v) is 12.4. The molecule has 0 spiro atoms. The van der Waals surface area contributed by atoms with E-state index in [4.69, 9.17) is 9.51 Å².